The van der Waals surface area contributed by atoms with E-state index in [1.165, 1.54) is 0 Å². The van der Waals surface area contributed by atoms with Crippen molar-refractivity contribution in [2.24, 2.45) is 5.92 Å². The summed E-state index contributed by atoms with van der Waals surface area (Å²) in [6.07, 6.45) is 7.71. The third kappa shape index (κ3) is 3.24. The molecule has 0 bridgehead atoms. The van der Waals surface area contributed by atoms with Crippen LogP contribution in [-0.4, -0.2) is 64.5 Å². The van der Waals surface area contributed by atoms with Gasteiger partial charge in [-0.1, -0.05) is 0 Å². The molecule has 0 saturated carbocycles. The molecule has 5 rings (SSSR count). The Balaban J connectivity index is 1.50. The molecule has 2 atom stereocenters. The first-order valence-electron chi connectivity index (χ1n) is 10.5. The monoisotopic (exact) mass is 408 g/mol. The number of nitro benzene ring substituents is 1. The number of nitro groups is 1. The van der Waals surface area contributed by atoms with Crippen molar-refractivity contribution in [1.82, 2.24) is 14.9 Å². The van der Waals surface area contributed by atoms with Crippen LogP contribution in [0.3, 0.4) is 0 Å². The van der Waals surface area contributed by atoms with Crippen LogP contribution in [0.5, 0.6) is 0 Å². The summed E-state index contributed by atoms with van der Waals surface area (Å²) < 4.78 is 0. The van der Waals surface area contributed by atoms with Crippen LogP contribution in [0.15, 0.2) is 36.8 Å². The molecule has 2 fully saturated rings. The van der Waals surface area contributed by atoms with E-state index in [0.29, 0.717) is 13.0 Å². The Morgan fingerprint density at radius 1 is 1.13 bits per heavy atom. The molecule has 1 aromatic heterocycles. The van der Waals surface area contributed by atoms with E-state index in [0.717, 1.165) is 56.1 Å². The highest BCUT2D eigenvalue weighted by Crippen LogP contribution is 2.39. The maximum atomic E-state index is 13.4. The zero-order valence-corrected chi connectivity index (χ0v) is 16.7. The van der Waals surface area contributed by atoms with Gasteiger partial charge in [0.15, 0.2) is 0 Å². The molecule has 0 spiro atoms. The summed E-state index contributed by atoms with van der Waals surface area (Å²) in [6.45, 7) is 3.78. The molecule has 9 heteroatoms. The van der Waals surface area contributed by atoms with Gasteiger partial charge in [0.1, 0.15) is 5.82 Å². The summed E-state index contributed by atoms with van der Waals surface area (Å²) in [5.74, 6) is 0.761. The van der Waals surface area contributed by atoms with Gasteiger partial charge in [-0.05, 0) is 30.9 Å². The minimum Gasteiger partial charge on any atom is -0.364 e. The Morgan fingerprint density at radius 3 is 2.70 bits per heavy atom. The van der Waals surface area contributed by atoms with Crippen molar-refractivity contribution in [3.63, 3.8) is 0 Å². The molecule has 3 aliphatic heterocycles. The fraction of sp³-hybridized carbons (Fsp3) is 0.476. The van der Waals surface area contributed by atoms with Gasteiger partial charge in [0.25, 0.3) is 5.69 Å². The van der Waals surface area contributed by atoms with Crippen molar-refractivity contribution in [1.29, 1.82) is 0 Å². The van der Waals surface area contributed by atoms with Gasteiger partial charge in [0, 0.05) is 62.9 Å². The highest BCUT2D eigenvalue weighted by molar-refractivity contribution is 5.83. The summed E-state index contributed by atoms with van der Waals surface area (Å²) in [5.41, 5.74) is 1.98. The molecule has 2 saturated heterocycles. The number of fused-ring (bicyclic) bond motifs is 3. The van der Waals surface area contributed by atoms with Crippen molar-refractivity contribution < 1.29 is 9.72 Å². The first-order valence-corrected chi connectivity index (χ1v) is 10.5. The minimum atomic E-state index is -0.365. The van der Waals surface area contributed by atoms with Crippen LogP contribution < -0.4 is 9.80 Å². The summed E-state index contributed by atoms with van der Waals surface area (Å²) in [4.78, 5) is 39.4. The van der Waals surface area contributed by atoms with Crippen LogP contribution in [0, 0.1) is 16.0 Å². The number of hydrogen-bond acceptors (Lipinski definition) is 7. The Hall–Kier alpha value is -3.23. The van der Waals surface area contributed by atoms with Gasteiger partial charge in [0.2, 0.25) is 5.91 Å². The molecule has 0 aliphatic carbocycles. The van der Waals surface area contributed by atoms with E-state index in [1.54, 1.807) is 30.7 Å². The fourth-order valence-electron chi connectivity index (χ4n) is 5.04. The lowest BCUT2D eigenvalue weighted by atomic mass is 9.83. The van der Waals surface area contributed by atoms with E-state index in [-0.39, 0.29) is 28.5 Å². The van der Waals surface area contributed by atoms with Crippen LogP contribution >= 0.6 is 0 Å². The van der Waals surface area contributed by atoms with E-state index in [1.807, 2.05) is 11.0 Å². The molecular formula is C21H24N6O3. The molecule has 30 heavy (non-hydrogen) atoms. The highest BCUT2D eigenvalue weighted by atomic mass is 16.6. The van der Waals surface area contributed by atoms with Gasteiger partial charge < -0.3 is 14.7 Å². The van der Waals surface area contributed by atoms with Crippen LogP contribution in [0.1, 0.15) is 18.4 Å². The molecule has 3 aliphatic rings. The average molecular weight is 408 g/mol. The number of rotatable bonds is 3. The molecule has 4 heterocycles. The van der Waals surface area contributed by atoms with Crippen LogP contribution in [0.25, 0.3) is 0 Å². The predicted octanol–water partition coefficient (Wildman–Crippen LogP) is 1.87. The van der Waals surface area contributed by atoms with Crippen molar-refractivity contribution >= 4 is 23.1 Å². The van der Waals surface area contributed by atoms with Crippen molar-refractivity contribution in [2.45, 2.75) is 25.3 Å². The zero-order chi connectivity index (χ0) is 20.7. The van der Waals surface area contributed by atoms with Gasteiger partial charge >= 0.3 is 0 Å². The zero-order valence-electron chi connectivity index (χ0n) is 16.7. The summed E-state index contributed by atoms with van der Waals surface area (Å²) in [5, 5.41) is 11.3. The normalized spacial score (nSPS) is 23.1. The SMILES string of the molecule is O=C([C@@H]1Cc2cc([N+](=O)[O-])ccc2N2CCN(c3cnccn3)C[C@H]12)N1CCCC1. The molecular weight excluding hydrogens is 384 g/mol. The van der Waals surface area contributed by atoms with Crippen molar-refractivity contribution in [3.05, 3.63) is 52.5 Å². The summed E-state index contributed by atoms with van der Waals surface area (Å²) >= 11 is 0. The third-order valence-corrected chi connectivity index (χ3v) is 6.51. The van der Waals surface area contributed by atoms with E-state index in [4.69, 9.17) is 0 Å². The number of aromatic nitrogens is 2. The quantitative estimate of drug-likeness (QED) is 0.565. The predicted molar refractivity (Wildman–Crippen MR) is 111 cm³/mol. The number of likely N-dealkylation sites (tertiary alicyclic amines) is 1. The molecule has 9 nitrogen and oxygen atoms in total. The number of hydrogen-bond donors (Lipinski definition) is 0. The Morgan fingerprint density at radius 2 is 1.97 bits per heavy atom. The first kappa shape index (κ1) is 18.8. The number of anilines is 2. The maximum absolute atomic E-state index is 13.4. The van der Waals surface area contributed by atoms with Gasteiger partial charge in [-0.3, -0.25) is 19.9 Å². The Bertz CT molecular complexity index is 962. The van der Waals surface area contributed by atoms with Crippen LogP contribution in [0.4, 0.5) is 17.2 Å². The maximum Gasteiger partial charge on any atom is 0.269 e. The minimum absolute atomic E-state index is 0.00260. The van der Waals surface area contributed by atoms with E-state index in [2.05, 4.69) is 19.8 Å². The van der Waals surface area contributed by atoms with E-state index < -0.39 is 0 Å². The van der Waals surface area contributed by atoms with E-state index in [9.17, 15) is 14.9 Å². The highest BCUT2D eigenvalue weighted by Gasteiger charge is 2.43. The smallest absolute Gasteiger partial charge is 0.269 e. The summed E-state index contributed by atoms with van der Waals surface area (Å²) in [6, 6.07) is 5.05. The average Bonchev–Trinajstić information content (AvgIpc) is 3.33. The molecule has 156 valence electrons. The number of piperazine rings is 1. The van der Waals surface area contributed by atoms with Gasteiger partial charge in [-0.25, -0.2) is 4.98 Å². The number of amides is 1. The number of benzene rings is 1. The lowest BCUT2D eigenvalue weighted by Gasteiger charge is -2.49. The van der Waals surface area contributed by atoms with Crippen molar-refractivity contribution in [3.8, 4) is 0 Å². The molecule has 1 amide bonds. The molecule has 1 aromatic carbocycles. The lowest BCUT2D eigenvalue weighted by Crippen LogP contribution is -2.61. The van der Waals surface area contributed by atoms with Gasteiger partial charge in [0.05, 0.1) is 23.1 Å². The number of carbonyl (C=O) groups excluding carboxylic acids is 1. The van der Waals surface area contributed by atoms with E-state index >= 15 is 0 Å². The fourth-order valence-corrected chi connectivity index (χ4v) is 5.04. The Kier molecular flexibility index (Phi) is 4.72. The first-order chi connectivity index (χ1) is 14.6. The molecule has 2 aromatic rings. The molecule has 0 unspecified atom stereocenters. The molecule has 0 N–H and O–H groups in total. The van der Waals surface area contributed by atoms with Crippen LogP contribution in [-0.2, 0) is 11.2 Å². The summed E-state index contributed by atoms with van der Waals surface area (Å²) in [7, 11) is 0. The second kappa shape index (κ2) is 7.55. The second-order valence-electron chi connectivity index (χ2n) is 8.18. The third-order valence-electron chi connectivity index (χ3n) is 6.51. The van der Waals surface area contributed by atoms with Gasteiger partial charge in [-0.15, -0.1) is 0 Å². The largest absolute Gasteiger partial charge is 0.364 e. The number of nitrogens with zero attached hydrogens (tertiary/aromatic N) is 6. The Labute approximate surface area is 174 Å². The lowest BCUT2D eigenvalue weighted by molar-refractivity contribution is -0.384. The number of carbonyl (C=O) groups is 1. The van der Waals surface area contributed by atoms with Crippen molar-refractivity contribution in [2.75, 3.05) is 42.5 Å². The molecule has 0 radical (unpaired) electrons. The second-order valence-corrected chi connectivity index (χ2v) is 8.18. The standard InChI is InChI=1S/C21H24N6O3/c28-21(24-7-1-2-8-24)17-12-15-11-16(27(29)30)3-4-18(15)26-10-9-25(14-19(17)26)20-13-22-5-6-23-20/h3-6,11,13,17,19H,1-2,7-10,12,14H2/t17-,19-/m1/s1. The topological polar surface area (TPSA) is 95.7 Å². The van der Waals surface area contributed by atoms with Gasteiger partial charge in [-0.2, -0.15) is 0 Å². The number of non-ortho nitro benzene ring substituents is 1. The van der Waals surface area contributed by atoms with Crippen LogP contribution in [0.2, 0.25) is 0 Å².